The summed E-state index contributed by atoms with van der Waals surface area (Å²) in [5.74, 6) is -2.30. The highest BCUT2D eigenvalue weighted by atomic mass is 19.1. The summed E-state index contributed by atoms with van der Waals surface area (Å²) < 4.78 is 26.9. The zero-order chi connectivity index (χ0) is 12.6. The summed E-state index contributed by atoms with van der Waals surface area (Å²) >= 11 is 0. The van der Waals surface area contributed by atoms with E-state index < -0.39 is 17.5 Å². The number of carbonyl (C=O) groups is 1. The third-order valence-corrected chi connectivity index (χ3v) is 2.36. The molecule has 5 nitrogen and oxygen atoms in total. The summed E-state index contributed by atoms with van der Waals surface area (Å²) in [5.41, 5.74) is 4.67. The normalized spacial score (nSPS) is 10.5. The Labute approximate surface area is 94.6 Å². The zero-order valence-corrected chi connectivity index (χ0v) is 8.79. The lowest BCUT2D eigenvalue weighted by Crippen LogP contribution is -2.13. The maximum atomic E-state index is 13.8. The number of carbonyl (C=O) groups excluding carboxylic acids is 1. The monoisotopic (exact) mass is 238 g/mol. The van der Waals surface area contributed by atoms with E-state index in [0.717, 1.165) is 6.07 Å². The van der Waals surface area contributed by atoms with Crippen LogP contribution in [0, 0.1) is 18.6 Å². The Morgan fingerprint density at radius 2 is 2.06 bits per heavy atom. The van der Waals surface area contributed by atoms with Crippen molar-refractivity contribution >= 4 is 5.91 Å². The smallest absolute Gasteiger partial charge is 0.271 e. The van der Waals surface area contributed by atoms with Crippen molar-refractivity contribution in [3.8, 4) is 11.3 Å². The second-order valence-electron chi connectivity index (χ2n) is 3.42. The third-order valence-electron chi connectivity index (χ3n) is 2.36. The standard InChI is InChI=1S/C10H8F2N4O/c1-4-6(11)3-2-5(7(4)12)8-9(10(13)17)15-16-14-8/h2-3H,1H3,(H2,13,17)(H,14,15,16). The number of H-pyrrole nitrogens is 1. The highest BCUT2D eigenvalue weighted by Crippen LogP contribution is 2.26. The van der Waals surface area contributed by atoms with Crippen LogP contribution in [0.1, 0.15) is 16.1 Å². The van der Waals surface area contributed by atoms with Crippen LogP contribution < -0.4 is 5.73 Å². The van der Waals surface area contributed by atoms with Crippen molar-refractivity contribution in [1.29, 1.82) is 0 Å². The van der Waals surface area contributed by atoms with Crippen LogP contribution >= 0.6 is 0 Å². The first-order valence-corrected chi connectivity index (χ1v) is 4.68. The Balaban J connectivity index is 2.65. The van der Waals surface area contributed by atoms with Gasteiger partial charge in [-0.05, 0) is 19.1 Å². The molecule has 0 fully saturated rings. The lowest BCUT2D eigenvalue weighted by atomic mass is 10.1. The van der Waals surface area contributed by atoms with Crippen molar-refractivity contribution in [3.63, 3.8) is 0 Å². The number of rotatable bonds is 2. The molecule has 1 heterocycles. The number of amides is 1. The van der Waals surface area contributed by atoms with Crippen LogP contribution in [0.4, 0.5) is 8.78 Å². The van der Waals surface area contributed by atoms with Gasteiger partial charge in [0.15, 0.2) is 5.69 Å². The SMILES string of the molecule is Cc1c(F)ccc(-c2n[nH]nc2C(N)=O)c1F. The van der Waals surface area contributed by atoms with Gasteiger partial charge in [-0.25, -0.2) is 8.78 Å². The molecule has 2 rings (SSSR count). The van der Waals surface area contributed by atoms with Crippen LogP contribution in [-0.2, 0) is 0 Å². The molecule has 0 aliphatic heterocycles. The lowest BCUT2D eigenvalue weighted by Gasteiger charge is -2.04. The highest BCUT2D eigenvalue weighted by Gasteiger charge is 2.20. The summed E-state index contributed by atoms with van der Waals surface area (Å²) in [6, 6.07) is 2.27. The van der Waals surface area contributed by atoms with Gasteiger partial charge >= 0.3 is 0 Å². The average Bonchev–Trinajstić information content (AvgIpc) is 2.75. The van der Waals surface area contributed by atoms with E-state index in [2.05, 4.69) is 15.4 Å². The maximum absolute atomic E-state index is 13.8. The fraction of sp³-hybridized carbons (Fsp3) is 0.100. The van der Waals surface area contributed by atoms with Crippen LogP contribution in [-0.4, -0.2) is 21.3 Å². The summed E-state index contributed by atoms with van der Waals surface area (Å²) in [6.45, 7) is 1.29. The molecule has 0 spiro atoms. The lowest BCUT2D eigenvalue weighted by molar-refractivity contribution is 0.0996. The first kappa shape index (κ1) is 11.2. The van der Waals surface area contributed by atoms with Crippen molar-refractivity contribution in [3.05, 3.63) is 35.0 Å². The fourth-order valence-corrected chi connectivity index (χ4v) is 1.43. The second-order valence-corrected chi connectivity index (χ2v) is 3.42. The van der Waals surface area contributed by atoms with E-state index >= 15 is 0 Å². The minimum Gasteiger partial charge on any atom is -0.364 e. The number of nitrogens with zero attached hydrogens (tertiary/aromatic N) is 2. The second kappa shape index (κ2) is 3.93. The topological polar surface area (TPSA) is 84.7 Å². The van der Waals surface area contributed by atoms with Crippen molar-refractivity contribution in [2.45, 2.75) is 6.92 Å². The van der Waals surface area contributed by atoms with Gasteiger partial charge in [0.25, 0.3) is 5.91 Å². The molecule has 0 saturated carbocycles. The number of aromatic nitrogens is 3. The molecule has 3 N–H and O–H groups in total. The van der Waals surface area contributed by atoms with E-state index in [9.17, 15) is 13.6 Å². The molecule has 0 saturated heterocycles. The summed E-state index contributed by atoms with van der Waals surface area (Å²) in [5, 5.41) is 9.33. The van der Waals surface area contributed by atoms with Gasteiger partial charge in [-0.15, -0.1) is 0 Å². The Kier molecular flexibility index (Phi) is 2.58. The fourth-order valence-electron chi connectivity index (χ4n) is 1.43. The Bertz CT molecular complexity index is 594. The Morgan fingerprint density at radius 3 is 2.71 bits per heavy atom. The van der Waals surface area contributed by atoms with E-state index in [1.54, 1.807) is 0 Å². The van der Waals surface area contributed by atoms with Gasteiger partial charge in [0, 0.05) is 11.1 Å². The molecule has 0 radical (unpaired) electrons. The zero-order valence-electron chi connectivity index (χ0n) is 8.79. The Morgan fingerprint density at radius 1 is 1.35 bits per heavy atom. The molecule has 0 aliphatic carbocycles. The third kappa shape index (κ3) is 1.75. The largest absolute Gasteiger partial charge is 0.364 e. The minimum absolute atomic E-state index is 0.0218. The van der Waals surface area contributed by atoms with Gasteiger partial charge < -0.3 is 5.73 Å². The van der Waals surface area contributed by atoms with Crippen LogP contribution in [0.15, 0.2) is 12.1 Å². The van der Waals surface area contributed by atoms with Crippen LogP contribution in [0.5, 0.6) is 0 Å². The van der Waals surface area contributed by atoms with Gasteiger partial charge in [0.2, 0.25) is 0 Å². The predicted octanol–water partition coefficient (Wildman–Crippen LogP) is 1.16. The number of benzene rings is 1. The summed E-state index contributed by atoms with van der Waals surface area (Å²) in [4.78, 5) is 11.0. The summed E-state index contributed by atoms with van der Waals surface area (Å²) in [7, 11) is 0. The highest BCUT2D eigenvalue weighted by molar-refractivity contribution is 5.96. The molecule has 2 aromatic rings. The number of halogens is 2. The molecule has 0 aliphatic rings. The molecule has 7 heteroatoms. The number of aromatic amines is 1. The molecule has 0 bridgehead atoms. The van der Waals surface area contributed by atoms with E-state index in [0.29, 0.717) is 0 Å². The van der Waals surface area contributed by atoms with E-state index in [1.165, 1.54) is 13.0 Å². The molecule has 1 aromatic heterocycles. The van der Waals surface area contributed by atoms with E-state index in [-0.39, 0.29) is 22.5 Å². The van der Waals surface area contributed by atoms with Gasteiger partial charge in [-0.1, -0.05) is 0 Å². The molecule has 17 heavy (non-hydrogen) atoms. The Hall–Kier alpha value is -2.31. The average molecular weight is 238 g/mol. The number of hydrogen-bond donors (Lipinski definition) is 2. The van der Waals surface area contributed by atoms with Crippen molar-refractivity contribution < 1.29 is 13.6 Å². The van der Waals surface area contributed by atoms with Crippen LogP contribution in [0.3, 0.4) is 0 Å². The van der Waals surface area contributed by atoms with Crippen LogP contribution in [0.2, 0.25) is 0 Å². The van der Waals surface area contributed by atoms with Crippen molar-refractivity contribution in [2.24, 2.45) is 5.73 Å². The van der Waals surface area contributed by atoms with Gasteiger partial charge in [-0.2, -0.15) is 15.4 Å². The van der Waals surface area contributed by atoms with E-state index in [4.69, 9.17) is 5.73 Å². The van der Waals surface area contributed by atoms with Crippen molar-refractivity contribution in [2.75, 3.05) is 0 Å². The number of nitrogens with two attached hydrogens (primary N) is 1. The molecule has 88 valence electrons. The number of hydrogen-bond acceptors (Lipinski definition) is 3. The first-order chi connectivity index (χ1) is 8.02. The molecule has 1 amide bonds. The first-order valence-electron chi connectivity index (χ1n) is 4.68. The van der Waals surface area contributed by atoms with Crippen molar-refractivity contribution in [1.82, 2.24) is 15.4 Å². The minimum atomic E-state index is -0.838. The molecular formula is C10H8F2N4O. The maximum Gasteiger partial charge on any atom is 0.271 e. The quantitative estimate of drug-likeness (QED) is 0.823. The summed E-state index contributed by atoms with van der Waals surface area (Å²) in [6.07, 6.45) is 0. The number of primary amides is 1. The molecule has 0 atom stereocenters. The number of nitrogens with one attached hydrogen (secondary N) is 1. The van der Waals surface area contributed by atoms with Gasteiger partial charge in [-0.3, -0.25) is 4.79 Å². The van der Waals surface area contributed by atoms with Gasteiger partial charge in [0.1, 0.15) is 17.3 Å². The molecular weight excluding hydrogens is 230 g/mol. The molecule has 0 unspecified atom stereocenters. The molecule has 1 aromatic carbocycles. The van der Waals surface area contributed by atoms with E-state index in [1.807, 2.05) is 0 Å². The van der Waals surface area contributed by atoms with Crippen LogP contribution in [0.25, 0.3) is 11.3 Å². The van der Waals surface area contributed by atoms with Gasteiger partial charge in [0.05, 0.1) is 0 Å². The predicted molar refractivity (Wildman–Crippen MR) is 55.0 cm³/mol.